The van der Waals surface area contributed by atoms with Crippen molar-refractivity contribution in [3.05, 3.63) is 24.2 Å². The van der Waals surface area contributed by atoms with Gasteiger partial charge in [-0.15, -0.1) is 0 Å². The van der Waals surface area contributed by atoms with Gasteiger partial charge in [-0.05, 0) is 38.8 Å². The number of hydrogen-bond acceptors (Lipinski definition) is 4. The molecule has 1 aliphatic heterocycles. The third kappa shape index (κ3) is 4.36. The first-order valence-corrected chi connectivity index (χ1v) is 6.84. The van der Waals surface area contributed by atoms with Crippen molar-refractivity contribution in [2.45, 2.75) is 51.5 Å². The Hall–Kier alpha value is -1.33. The molecule has 1 saturated heterocycles. The summed E-state index contributed by atoms with van der Waals surface area (Å²) in [6.07, 6.45) is 3.38. The summed E-state index contributed by atoms with van der Waals surface area (Å²) in [5.41, 5.74) is 0. The Morgan fingerprint density at radius 3 is 3.11 bits per heavy atom. The van der Waals surface area contributed by atoms with Crippen molar-refractivity contribution in [2.75, 3.05) is 6.54 Å². The van der Waals surface area contributed by atoms with Crippen LogP contribution in [0.2, 0.25) is 0 Å². The smallest absolute Gasteiger partial charge is 0.249 e. The lowest BCUT2D eigenvalue weighted by Crippen LogP contribution is -2.44. The Kier molecular flexibility index (Phi) is 4.99. The van der Waals surface area contributed by atoms with Gasteiger partial charge in [0.1, 0.15) is 11.9 Å². The van der Waals surface area contributed by atoms with Crippen LogP contribution in [0.3, 0.4) is 0 Å². The molecule has 0 radical (unpaired) electrons. The minimum Gasteiger partial charge on any atom is -0.467 e. The number of carbonyl (C=O) groups excluding carboxylic acids is 1. The number of ether oxygens (including phenoxy) is 1. The predicted molar refractivity (Wildman–Crippen MR) is 71.6 cm³/mol. The summed E-state index contributed by atoms with van der Waals surface area (Å²) in [5.74, 6) is 0.642. The molecule has 106 valence electrons. The van der Waals surface area contributed by atoms with E-state index in [0.717, 1.165) is 25.1 Å². The van der Waals surface area contributed by atoms with Crippen molar-refractivity contribution in [3.8, 4) is 0 Å². The van der Waals surface area contributed by atoms with Gasteiger partial charge in [0, 0.05) is 12.6 Å². The van der Waals surface area contributed by atoms with E-state index < -0.39 is 6.10 Å². The van der Waals surface area contributed by atoms with Crippen LogP contribution in [0.25, 0.3) is 0 Å². The molecule has 1 fully saturated rings. The van der Waals surface area contributed by atoms with E-state index in [4.69, 9.17) is 9.15 Å². The standard InChI is InChI=1S/C14H22N2O3/c1-10-5-6-13(9-15-10)19-11(2)14(17)16-8-12-4-3-7-18-12/h3-4,7,10-11,13,15H,5-6,8-9H2,1-2H3,(H,16,17). The maximum Gasteiger partial charge on any atom is 0.249 e. The Morgan fingerprint density at radius 2 is 2.47 bits per heavy atom. The van der Waals surface area contributed by atoms with E-state index in [1.54, 1.807) is 19.3 Å². The number of hydrogen-bond donors (Lipinski definition) is 2. The number of carbonyl (C=O) groups is 1. The number of amides is 1. The van der Waals surface area contributed by atoms with Crippen molar-refractivity contribution >= 4 is 5.91 Å². The zero-order chi connectivity index (χ0) is 13.7. The van der Waals surface area contributed by atoms with Crippen LogP contribution < -0.4 is 10.6 Å². The molecule has 1 amide bonds. The lowest BCUT2D eigenvalue weighted by molar-refractivity contribution is -0.136. The topological polar surface area (TPSA) is 63.5 Å². The maximum atomic E-state index is 11.9. The molecule has 3 unspecified atom stereocenters. The number of piperidine rings is 1. The molecule has 1 aromatic heterocycles. The number of nitrogens with one attached hydrogen (secondary N) is 2. The zero-order valence-corrected chi connectivity index (χ0v) is 11.5. The van der Waals surface area contributed by atoms with Crippen molar-refractivity contribution < 1.29 is 13.9 Å². The van der Waals surface area contributed by atoms with Crippen molar-refractivity contribution in [3.63, 3.8) is 0 Å². The molecule has 0 bridgehead atoms. The largest absolute Gasteiger partial charge is 0.467 e. The van der Waals surface area contributed by atoms with Crippen LogP contribution >= 0.6 is 0 Å². The minimum atomic E-state index is -0.435. The van der Waals surface area contributed by atoms with Gasteiger partial charge in [-0.3, -0.25) is 4.79 Å². The summed E-state index contributed by atoms with van der Waals surface area (Å²) in [5, 5.41) is 6.16. The fourth-order valence-corrected chi connectivity index (χ4v) is 2.17. The van der Waals surface area contributed by atoms with E-state index in [1.807, 2.05) is 6.07 Å². The lowest BCUT2D eigenvalue weighted by atomic mass is 10.0. The van der Waals surface area contributed by atoms with Gasteiger partial charge in [0.05, 0.1) is 18.9 Å². The maximum absolute atomic E-state index is 11.9. The second kappa shape index (κ2) is 6.73. The minimum absolute atomic E-state index is 0.102. The molecule has 1 aromatic rings. The summed E-state index contributed by atoms with van der Waals surface area (Å²) < 4.78 is 10.9. The highest BCUT2D eigenvalue weighted by Gasteiger charge is 2.23. The summed E-state index contributed by atoms with van der Waals surface area (Å²) in [6.45, 7) is 5.17. The van der Waals surface area contributed by atoms with Crippen LogP contribution in [-0.4, -0.2) is 30.7 Å². The molecule has 1 aliphatic rings. The molecule has 2 N–H and O–H groups in total. The molecule has 0 aromatic carbocycles. The molecule has 5 heteroatoms. The van der Waals surface area contributed by atoms with Gasteiger partial charge in [-0.2, -0.15) is 0 Å². The van der Waals surface area contributed by atoms with Gasteiger partial charge < -0.3 is 19.8 Å². The van der Waals surface area contributed by atoms with E-state index in [9.17, 15) is 4.79 Å². The SMILES string of the molecule is CC1CCC(OC(C)C(=O)NCc2ccco2)CN1. The fraction of sp³-hybridized carbons (Fsp3) is 0.643. The highest BCUT2D eigenvalue weighted by molar-refractivity contribution is 5.80. The van der Waals surface area contributed by atoms with Crippen LogP contribution in [0, 0.1) is 0 Å². The summed E-state index contributed by atoms with van der Waals surface area (Å²) in [6, 6.07) is 4.18. The first-order valence-electron chi connectivity index (χ1n) is 6.84. The Balaban J connectivity index is 1.70. The van der Waals surface area contributed by atoms with Gasteiger partial charge in [0.25, 0.3) is 0 Å². The molecule has 19 heavy (non-hydrogen) atoms. The zero-order valence-electron chi connectivity index (χ0n) is 11.5. The van der Waals surface area contributed by atoms with Gasteiger partial charge in [-0.25, -0.2) is 0 Å². The van der Waals surface area contributed by atoms with Crippen LogP contribution in [0.1, 0.15) is 32.4 Å². The molecule has 0 aliphatic carbocycles. The summed E-state index contributed by atoms with van der Waals surface area (Å²) >= 11 is 0. The average Bonchev–Trinajstić information content (AvgIpc) is 2.91. The van der Waals surface area contributed by atoms with Crippen LogP contribution in [0.15, 0.2) is 22.8 Å². The lowest BCUT2D eigenvalue weighted by Gasteiger charge is -2.29. The quantitative estimate of drug-likeness (QED) is 0.846. The van der Waals surface area contributed by atoms with Gasteiger partial charge >= 0.3 is 0 Å². The fourth-order valence-electron chi connectivity index (χ4n) is 2.17. The third-order valence-corrected chi connectivity index (χ3v) is 3.40. The molecule has 5 nitrogen and oxygen atoms in total. The van der Waals surface area contributed by atoms with E-state index in [1.165, 1.54) is 0 Å². The number of furan rings is 1. The molecule has 2 rings (SSSR count). The second-order valence-corrected chi connectivity index (χ2v) is 5.08. The van der Waals surface area contributed by atoms with Gasteiger partial charge in [0.15, 0.2) is 0 Å². The molecular formula is C14H22N2O3. The average molecular weight is 266 g/mol. The monoisotopic (exact) mass is 266 g/mol. The van der Waals surface area contributed by atoms with Gasteiger partial charge in [0.2, 0.25) is 5.91 Å². The molecule has 2 heterocycles. The highest BCUT2D eigenvalue weighted by atomic mass is 16.5. The second-order valence-electron chi connectivity index (χ2n) is 5.08. The van der Waals surface area contributed by atoms with Crippen molar-refractivity contribution in [1.29, 1.82) is 0 Å². The highest BCUT2D eigenvalue weighted by Crippen LogP contribution is 2.12. The number of rotatable bonds is 5. The first kappa shape index (κ1) is 14.1. The van der Waals surface area contributed by atoms with E-state index in [0.29, 0.717) is 12.6 Å². The van der Waals surface area contributed by atoms with E-state index in [-0.39, 0.29) is 12.0 Å². The third-order valence-electron chi connectivity index (χ3n) is 3.40. The first-order chi connectivity index (χ1) is 9.15. The van der Waals surface area contributed by atoms with Crippen LogP contribution in [0.4, 0.5) is 0 Å². The summed E-state index contributed by atoms with van der Waals surface area (Å²) in [7, 11) is 0. The predicted octanol–water partition coefficient (Wildman–Crippen LogP) is 1.44. The Morgan fingerprint density at radius 1 is 1.63 bits per heavy atom. The Labute approximate surface area is 113 Å². The molecule has 0 spiro atoms. The van der Waals surface area contributed by atoms with Crippen LogP contribution in [0.5, 0.6) is 0 Å². The van der Waals surface area contributed by atoms with Crippen LogP contribution in [-0.2, 0) is 16.1 Å². The van der Waals surface area contributed by atoms with E-state index >= 15 is 0 Å². The van der Waals surface area contributed by atoms with Crippen molar-refractivity contribution in [2.24, 2.45) is 0 Å². The molecule has 3 atom stereocenters. The Bertz CT molecular complexity index is 383. The van der Waals surface area contributed by atoms with E-state index in [2.05, 4.69) is 17.6 Å². The van der Waals surface area contributed by atoms with Crippen molar-refractivity contribution in [1.82, 2.24) is 10.6 Å². The molecule has 0 saturated carbocycles. The summed E-state index contributed by atoms with van der Waals surface area (Å²) in [4.78, 5) is 11.9. The molecular weight excluding hydrogens is 244 g/mol. The normalized spacial score (nSPS) is 24.9. The van der Waals surface area contributed by atoms with Gasteiger partial charge in [-0.1, -0.05) is 0 Å².